The SMILES string of the molecule is CC(=O)OC1[C@@H](O[C@@H]2C(O)C(O[C@H]3O[C@H](CNC(=O)OC(C)(C)C)CCC3NC(=O)OC(C)(C)C)[C@@H](NC(=O)OC(C)(C)C)[C@@H](OC(C)=O)C2NC(=O)[C@H](CCNC(=O)OC(C)(C)C)OC(C)=O)OC(CO)[C@@H](O)[C@@H]1NC(=O)OC(C)(C)C. The van der Waals surface area contributed by atoms with E-state index in [2.05, 4.69) is 31.9 Å². The molecule has 30 heteroatoms. The number of rotatable bonds is 18. The smallest absolute Gasteiger partial charge is 0.408 e. The van der Waals surface area contributed by atoms with E-state index in [0.717, 1.165) is 20.8 Å². The number of hydrogen-bond acceptors (Lipinski definition) is 24. The Morgan fingerprint density at radius 1 is 0.494 bits per heavy atom. The second kappa shape index (κ2) is 29.7. The maximum Gasteiger partial charge on any atom is 0.408 e. The van der Waals surface area contributed by atoms with Gasteiger partial charge in [-0.05, 0) is 117 Å². The first-order valence-electron chi connectivity index (χ1n) is 27.3. The average Bonchev–Trinajstić information content (AvgIpc) is 2.76. The van der Waals surface area contributed by atoms with Crippen LogP contribution >= 0.6 is 0 Å². The number of carbonyl (C=O) groups excluding carboxylic acids is 9. The molecule has 6 unspecified atom stereocenters. The van der Waals surface area contributed by atoms with Crippen molar-refractivity contribution in [3.05, 3.63) is 0 Å². The fourth-order valence-electron chi connectivity index (χ4n) is 8.64. The molecule has 6 amide bonds. The third kappa shape index (κ3) is 25.0. The molecule has 0 bridgehead atoms. The number of carbonyl (C=O) groups is 9. The molecule has 1 saturated carbocycles. The van der Waals surface area contributed by atoms with E-state index in [1.807, 2.05) is 0 Å². The van der Waals surface area contributed by atoms with Crippen molar-refractivity contribution in [2.75, 3.05) is 19.7 Å². The Kier molecular flexibility index (Phi) is 25.4. The van der Waals surface area contributed by atoms with Crippen LogP contribution in [0.2, 0.25) is 0 Å². The second-order valence-electron chi connectivity index (χ2n) is 25.1. The van der Waals surface area contributed by atoms with Crippen LogP contribution in [-0.4, -0.2) is 209 Å². The van der Waals surface area contributed by atoms with Crippen molar-refractivity contribution < 1.29 is 115 Å². The zero-order valence-corrected chi connectivity index (χ0v) is 50.8. The maximum absolute atomic E-state index is 14.8. The molecule has 2 heterocycles. The fraction of sp³-hybridized carbons (Fsp3) is 0.830. The fourth-order valence-corrected chi connectivity index (χ4v) is 8.64. The lowest BCUT2D eigenvalue weighted by Crippen LogP contribution is -2.76. The normalized spacial score (nSPS) is 28.1. The molecule has 9 N–H and O–H groups in total. The van der Waals surface area contributed by atoms with Crippen LogP contribution < -0.4 is 31.9 Å². The number of ether oxygens (including phenoxy) is 12. The van der Waals surface area contributed by atoms with E-state index in [9.17, 15) is 58.5 Å². The van der Waals surface area contributed by atoms with Crippen molar-refractivity contribution in [2.24, 2.45) is 0 Å². The summed E-state index contributed by atoms with van der Waals surface area (Å²) in [6.45, 7) is 25.2. The number of nitrogens with one attached hydrogen (secondary N) is 6. The molecule has 83 heavy (non-hydrogen) atoms. The highest BCUT2D eigenvalue weighted by atomic mass is 16.7. The predicted octanol–water partition coefficient (Wildman–Crippen LogP) is 2.11. The van der Waals surface area contributed by atoms with E-state index in [1.54, 1.807) is 83.1 Å². The quantitative estimate of drug-likeness (QED) is 0.0701. The summed E-state index contributed by atoms with van der Waals surface area (Å²) in [7, 11) is 0. The number of aliphatic hydroxyl groups excluding tert-OH is 3. The molecule has 0 aromatic heterocycles. The molecule has 0 aromatic rings. The second-order valence-corrected chi connectivity index (χ2v) is 25.1. The van der Waals surface area contributed by atoms with Gasteiger partial charge in [0.15, 0.2) is 24.8 Å². The van der Waals surface area contributed by atoms with Crippen LogP contribution in [-0.2, 0) is 76.0 Å². The Balaban J connectivity index is 2.41. The molecule has 0 aromatic carbocycles. The molecule has 1 aliphatic carbocycles. The lowest BCUT2D eigenvalue weighted by Gasteiger charge is -2.52. The van der Waals surface area contributed by atoms with Crippen LogP contribution in [0.4, 0.5) is 24.0 Å². The lowest BCUT2D eigenvalue weighted by molar-refractivity contribution is -0.323. The zero-order valence-electron chi connectivity index (χ0n) is 50.8. The monoisotopic (exact) mass is 1190 g/mol. The van der Waals surface area contributed by atoms with Gasteiger partial charge in [0, 0.05) is 40.3 Å². The summed E-state index contributed by atoms with van der Waals surface area (Å²) in [4.78, 5) is 120. The number of hydrogen-bond donors (Lipinski definition) is 9. The lowest BCUT2D eigenvalue weighted by atomic mass is 9.80. The van der Waals surface area contributed by atoms with Crippen LogP contribution in [0.1, 0.15) is 144 Å². The predicted molar refractivity (Wildman–Crippen MR) is 287 cm³/mol. The Hall–Kier alpha value is -6.05. The third-order valence-electron chi connectivity index (χ3n) is 11.5. The van der Waals surface area contributed by atoms with Gasteiger partial charge in [0.1, 0.15) is 76.7 Å². The minimum atomic E-state index is -2.28. The van der Waals surface area contributed by atoms with Gasteiger partial charge in [0.05, 0.1) is 24.8 Å². The van der Waals surface area contributed by atoms with Crippen LogP contribution in [0.25, 0.3) is 0 Å². The standard InChI is InChI=1S/C53H90N6O24/c1-25(61)72-30(21-22-54-44(67)79-49(4,5)6)41(66)57-33-37(73-26(2)62)34(59-48(71)83-53(16,17)18)39(77-42-29(56-46(69)81-51(10,11)12)20-19-28(75-42)23-55-45(68)80-50(7,8)9)36(65)38(33)78-43-40(74-27(3)63)32(35(64)31(24-60)76-43)58-47(70)82-52(13,14)15/h28-40,42-43,60,64-65H,19-24H2,1-18H3,(H,54,67)(H,55,68)(H,56,69)(H,57,66)(H,58,70)(H,59,71)/t28-,29?,30-,31?,32-,33?,34-,35+,36?,37-,38-,39?,40?,42+,43+/m0/s1. The van der Waals surface area contributed by atoms with Crippen LogP contribution in [0, 0.1) is 0 Å². The van der Waals surface area contributed by atoms with E-state index < -0.39 is 187 Å². The van der Waals surface area contributed by atoms with Gasteiger partial charge in [0.2, 0.25) is 0 Å². The molecular formula is C53H90N6O24. The van der Waals surface area contributed by atoms with Gasteiger partial charge in [-0.3, -0.25) is 19.2 Å². The largest absolute Gasteiger partial charge is 0.458 e. The molecule has 30 nitrogen and oxygen atoms in total. The van der Waals surface area contributed by atoms with Gasteiger partial charge >= 0.3 is 48.4 Å². The first-order chi connectivity index (χ1) is 37.9. The molecule has 476 valence electrons. The Morgan fingerprint density at radius 2 is 0.928 bits per heavy atom. The zero-order chi connectivity index (χ0) is 63.3. The van der Waals surface area contributed by atoms with Crippen LogP contribution in [0.15, 0.2) is 0 Å². The number of esters is 3. The maximum atomic E-state index is 14.8. The Labute approximate surface area is 483 Å². The van der Waals surface area contributed by atoms with Crippen molar-refractivity contribution in [3.8, 4) is 0 Å². The summed E-state index contributed by atoms with van der Waals surface area (Å²) in [5, 5.41) is 50.6. The molecule has 2 aliphatic heterocycles. The van der Waals surface area contributed by atoms with Crippen molar-refractivity contribution in [1.29, 1.82) is 0 Å². The summed E-state index contributed by atoms with van der Waals surface area (Å²) >= 11 is 0. The summed E-state index contributed by atoms with van der Waals surface area (Å²) in [6, 6.07) is -6.75. The van der Waals surface area contributed by atoms with Gasteiger partial charge in [-0.2, -0.15) is 0 Å². The van der Waals surface area contributed by atoms with E-state index in [4.69, 9.17) is 56.8 Å². The first kappa shape index (κ1) is 71.2. The molecular weight excluding hydrogens is 1100 g/mol. The first-order valence-corrected chi connectivity index (χ1v) is 27.3. The number of amides is 6. The molecule has 15 atom stereocenters. The van der Waals surface area contributed by atoms with Crippen molar-refractivity contribution in [1.82, 2.24) is 31.9 Å². The van der Waals surface area contributed by atoms with Crippen molar-refractivity contribution >= 4 is 54.3 Å². The number of alkyl carbamates (subject to hydrolysis) is 5. The molecule has 3 aliphatic rings. The van der Waals surface area contributed by atoms with E-state index in [1.165, 1.54) is 20.8 Å². The summed E-state index contributed by atoms with van der Waals surface area (Å²) in [6.07, 6.45) is -25.6. The minimum absolute atomic E-state index is 0.0424. The van der Waals surface area contributed by atoms with Gasteiger partial charge in [-0.1, -0.05) is 0 Å². The molecule has 3 fully saturated rings. The molecule has 0 radical (unpaired) electrons. The van der Waals surface area contributed by atoms with Crippen LogP contribution in [0.5, 0.6) is 0 Å². The molecule has 3 rings (SSSR count). The summed E-state index contributed by atoms with van der Waals surface area (Å²) in [5.74, 6) is -4.28. The molecule has 0 spiro atoms. The summed E-state index contributed by atoms with van der Waals surface area (Å²) in [5.41, 5.74) is -5.15. The van der Waals surface area contributed by atoms with E-state index in [-0.39, 0.29) is 25.9 Å². The van der Waals surface area contributed by atoms with Crippen LogP contribution in [0.3, 0.4) is 0 Å². The Bertz CT molecular complexity index is 2240. The molecule has 2 saturated heterocycles. The Morgan fingerprint density at radius 3 is 1.40 bits per heavy atom. The highest BCUT2D eigenvalue weighted by molar-refractivity contribution is 5.84. The van der Waals surface area contributed by atoms with Gasteiger partial charge in [-0.15, -0.1) is 0 Å². The summed E-state index contributed by atoms with van der Waals surface area (Å²) < 4.78 is 69.9. The van der Waals surface area contributed by atoms with Crippen molar-refractivity contribution in [3.63, 3.8) is 0 Å². The number of aliphatic hydroxyl groups is 3. The highest BCUT2D eigenvalue weighted by Crippen LogP contribution is 2.36. The van der Waals surface area contributed by atoms with E-state index in [0.29, 0.717) is 0 Å². The van der Waals surface area contributed by atoms with E-state index >= 15 is 0 Å². The minimum Gasteiger partial charge on any atom is -0.458 e. The average molecular weight is 1200 g/mol. The topological polar surface area (TPSA) is 397 Å². The third-order valence-corrected chi connectivity index (χ3v) is 11.5. The van der Waals surface area contributed by atoms with Gasteiger partial charge < -0.3 is 104 Å². The van der Waals surface area contributed by atoms with Crippen molar-refractivity contribution in [2.45, 2.75) is 264 Å². The highest BCUT2D eigenvalue weighted by Gasteiger charge is 2.59. The van der Waals surface area contributed by atoms with Gasteiger partial charge in [-0.25, -0.2) is 24.0 Å². The van der Waals surface area contributed by atoms with Gasteiger partial charge in [0.25, 0.3) is 5.91 Å².